The minimum Gasteiger partial charge on any atom is -0.393 e. The van der Waals surface area contributed by atoms with E-state index in [1.807, 2.05) is 0 Å². The van der Waals surface area contributed by atoms with Gasteiger partial charge in [-0.3, -0.25) is 0 Å². The molecule has 116 valence electrons. The molecule has 0 aromatic rings. The zero-order chi connectivity index (χ0) is 14.2. The van der Waals surface area contributed by atoms with E-state index in [0.717, 1.165) is 45.2 Å². The summed E-state index contributed by atoms with van der Waals surface area (Å²) in [6, 6.07) is 0.534. The molecule has 0 aromatic heterocycles. The third kappa shape index (κ3) is 3.03. The van der Waals surface area contributed by atoms with E-state index in [0.29, 0.717) is 12.0 Å². The van der Waals surface area contributed by atoms with Gasteiger partial charge in [0.2, 0.25) is 0 Å². The Labute approximate surface area is 122 Å². The summed E-state index contributed by atoms with van der Waals surface area (Å²) >= 11 is 0. The first-order valence-electron chi connectivity index (χ1n) is 8.30. The summed E-state index contributed by atoms with van der Waals surface area (Å²) in [4.78, 5) is 2.59. The lowest BCUT2D eigenvalue weighted by atomic mass is 9.86. The van der Waals surface area contributed by atoms with Gasteiger partial charge in [-0.15, -0.1) is 0 Å². The Morgan fingerprint density at radius 3 is 2.85 bits per heavy atom. The van der Waals surface area contributed by atoms with E-state index in [1.165, 1.54) is 19.4 Å². The van der Waals surface area contributed by atoms with Crippen LogP contribution in [0.2, 0.25) is 0 Å². The standard InChI is InChI=1S/C16H30N2O2/c1-12(2)17-9-16(5-6-20-11-16)10-18-7-13-3-4-15(19)14(13)8-18/h12-15,17,19H,3-11H2,1-2H3. The maximum atomic E-state index is 10.1. The second-order valence-corrected chi connectivity index (χ2v) is 7.60. The number of rotatable bonds is 5. The fourth-order valence-corrected chi connectivity index (χ4v) is 4.32. The minimum absolute atomic E-state index is 0.0467. The van der Waals surface area contributed by atoms with Crippen molar-refractivity contribution < 1.29 is 9.84 Å². The highest BCUT2D eigenvalue weighted by atomic mass is 16.5. The molecule has 0 bridgehead atoms. The van der Waals surface area contributed by atoms with Crippen molar-refractivity contribution in [3.8, 4) is 0 Å². The lowest BCUT2D eigenvalue weighted by molar-refractivity contribution is 0.0981. The summed E-state index contributed by atoms with van der Waals surface area (Å²) in [5.74, 6) is 1.27. The molecule has 4 atom stereocenters. The second kappa shape index (κ2) is 5.91. The zero-order valence-corrected chi connectivity index (χ0v) is 13.0. The lowest BCUT2D eigenvalue weighted by Gasteiger charge is -2.33. The molecule has 2 aliphatic heterocycles. The van der Waals surface area contributed by atoms with Gasteiger partial charge in [0.15, 0.2) is 0 Å². The van der Waals surface area contributed by atoms with Crippen molar-refractivity contribution in [2.45, 2.75) is 45.3 Å². The predicted octanol–water partition coefficient (Wildman–Crippen LogP) is 1.09. The molecular weight excluding hydrogens is 252 g/mol. The summed E-state index contributed by atoms with van der Waals surface area (Å²) in [6.45, 7) is 10.7. The molecule has 3 aliphatic rings. The number of hydrogen-bond donors (Lipinski definition) is 2. The SMILES string of the molecule is CC(C)NCC1(CN2CC3CCC(O)C3C2)CCOC1. The molecule has 0 spiro atoms. The van der Waals surface area contributed by atoms with Crippen LogP contribution >= 0.6 is 0 Å². The normalized spacial score (nSPS) is 41.7. The van der Waals surface area contributed by atoms with Gasteiger partial charge < -0.3 is 20.1 Å². The van der Waals surface area contributed by atoms with Crippen LogP contribution in [0.4, 0.5) is 0 Å². The fraction of sp³-hybridized carbons (Fsp3) is 1.00. The van der Waals surface area contributed by atoms with Gasteiger partial charge in [0, 0.05) is 50.2 Å². The molecule has 4 unspecified atom stereocenters. The Kier molecular flexibility index (Phi) is 4.37. The summed E-state index contributed by atoms with van der Waals surface area (Å²) in [6.07, 6.45) is 3.36. The molecule has 2 heterocycles. The summed E-state index contributed by atoms with van der Waals surface area (Å²) in [7, 11) is 0. The Hall–Kier alpha value is -0.160. The van der Waals surface area contributed by atoms with E-state index < -0.39 is 0 Å². The summed E-state index contributed by atoms with van der Waals surface area (Å²) < 4.78 is 5.70. The number of ether oxygens (including phenoxy) is 1. The predicted molar refractivity (Wildman–Crippen MR) is 79.7 cm³/mol. The molecule has 1 saturated carbocycles. The van der Waals surface area contributed by atoms with Gasteiger partial charge in [0.25, 0.3) is 0 Å². The molecule has 0 radical (unpaired) electrons. The molecule has 2 saturated heterocycles. The van der Waals surface area contributed by atoms with E-state index >= 15 is 0 Å². The number of aliphatic hydroxyl groups excluding tert-OH is 1. The van der Waals surface area contributed by atoms with Gasteiger partial charge in [-0.1, -0.05) is 13.8 Å². The highest BCUT2D eigenvalue weighted by Gasteiger charge is 2.45. The fourth-order valence-electron chi connectivity index (χ4n) is 4.32. The van der Waals surface area contributed by atoms with Crippen molar-refractivity contribution in [1.29, 1.82) is 0 Å². The van der Waals surface area contributed by atoms with Crippen LogP contribution in [0.15, 0.2) is 0 Å². The Morgan fingerprint density at radius 1 is 1.35 bits per heavy atom. The third-order valence-corrected chi connectivity index (χ3v) is 5.52. The van der Waals surface area contributed by atoms with Gasteiger partial charge in [0.05, 0.1) is 12.7 Å². The van der Waals surface area contributed by atoms with Crippen LogP contribution in [-0.4, -0.2) is 61.5 Å². The molecule has 0 amide bonds. The first kappa shape index (κ1) is 14.8. The number of hydrogen-bond acceptors (Lipinski definition) is 4. The van der Waals surface area contributed by atoms with Crippen molar-refractivity contribution in [2.75, 3.05) is 39.4 Å². The number of aliphatic hydroxyl groups is 1. The molecule has 3 rings (SSSR count). The van der Waals surface area contributed by atoms with E-state index in [1.54, 1.807) is 0 Å². The van der Waals surface area contributed by atoms with Gasteiger partial charge in [-0.25, -0.2) is 0 Å². The van der Waals surface area contributed by atoms with E-state index in [4.69, 9.17) is 4.74 Å². The number of likely N-dealkylation sites (tertiary alicyclic amines) is 1. The number of fused-ring (bicyclic) bond motifs is 1. The Bertz CT molecular complexity index is 328. The highest BCUT2D eigenvalue weighted by Crippen LogP contribution is 2.40. The van der Waals surface area contributed by atoms with Crippen LogP contribution in [0.5, 0.6) is 0 Å². The van der Waals surface area contributed by atoms with Gasteiger partial charge in [0.1, 0.15) is 0 Å². The molecule has 4 nitrogen and oxygen atoms in total. The summed E-state index contributed by atoms with van der Waals surface area (Å²) in [5, 5.41) is 13.7. The topological polar surface area (TPSA) is 44.7 Å². The van der Waals surface area contributed by atoms with Crippen LogP contribution in [0.1, 0.15) is 33.1 Å². The van der Waals surface area contributed by atoms with Crippen molar-refractivity contribution in [1.82, 2.24) is 10.2 Å². The molecule has 20 heavy (non-hydrogen) atoms. The summed E-state index contributed by atoms with van der Waals surface area (Å²) in [5.41, 5.74) is 0.286. The molecule has 4 heteroatoms. The first-order chi connectivity index (χ1) is 9.58. The van der Waals surface area contributed by atoms with Crippen LogP contribution in [-0.2, 0) is 4.74 Å². The van der Waals surface area contributed by atoms with E-state index in [9.17, 15) is 5.11 Å². The number of nitrogens with zero attached hydrogens (tertiary/aromatic N) is 1. The van der Waals surface area contributed by atoms with E-state index in [2.05, 4.69) is 24.1 Å². The highest BCUT2D eigenvalue weighted by molar-refractivity contribution is 4.97. The van der Waals surface area contributed by atoms with Crippen molar-refractivity contribution in [3.05, 3.63) is 0 Å². The first-order valence-corrected chi connectivity index (χ1v) is 8.30. The molecule has 0 aromatic carbocycles. The largest absolute Gasteiger partial charge is 0.393 e. The number of nitrogens with one attached hydrogen (secondary N) is 1. The maximum Gasteiger partial charge on any atom is 0.0583 e. The third-order valence-electron chi connectivity index (χ3n) is 5.52. The van der Waals surface area contributed by atoms with Crippen molar-refractivity contribution in [3.63, 3.8) is 0 Å². The van der Waals surface area contributed by atoms with Crippen molar-refractivity contribution >= 4 is 0 Å². The second-order valence-electron chi connectivity index (χ2n) is 7.60. The molecule has 3 fully saturated rings. The van der Waals surface area contributed by atoms with Crippen LogP contribution in [0.25, 0.3) is 0 Å². The Morgan fingerprint density at radius 2 is 2.20 bits per heavy atom. The van der Waals surface area contributed by atoms with Crippen LogP contribution in [0, 0.1) is 17.3 Å². The molecule has 2 N–H and O–H groups in total. The quantitative estimate of drug-likeness (QED) is 0.792. The average molecular weight is 282 g/mol. The minimum atomic E-state index is -0.0467. The van der Waals surface area contributed by atoms with Crippen LogP contribution < -0.4 is 5.32 Å². The van der Waals surface area contributed by atoms with Gasteiger partial charge in [-0.2, -0.15) is 0 Å². The maximum absolute atomic E-state index is 10.1. The molecule has 1 aliphatic carbocycles. The smallest absolute Gasteiger partial charge is 0.0583 e. The monoisotopic (exact) mass is 282 g/mol. The lowest BCUT2D eigenvalue weighted by Crippen LogP contribution is -2.46. The Balaban J connectivity index is 1.57. The van der Waals surface area contributed by atoms with Gasteiger partial charge in [-0.05, 0) is 25.2 Å². The van der Waals surface area contributed by atoms with Gasteiger partial charge >= 0.3 is 0 Å². The zero-order valence-electron chi connectivity index (χ0n) is 13.0. The van der Waals surface area contributed by atoms with Crippen LogP contribution in [0.3, 0.4) is 0 Å². The molecular formula is C16H30N2O2. The average Bonchev–Trinajstić information content (AvgIpc) is 3.08. The van der Waals surface area contributed by atoms with E-state index in [-0.39, 0.29) is 11.5 Å². The van der Waals surface area contributed by atoms with Crippen molar-refractivity contribution in [2.24, 2.45) is 17.3 Å².